The predicted molar refractivity (Wildman–Crippen MR) is 93.4 cm³/mol. The molecule has 122 valence electrons. The number of nitrogens with zero attached hydrogens (tertiary/aromatic N) is 2. The number of halogens is 1. The summed E-state index contributed by atoms with van der Waals surface area (Å²) < 4.78 is 27.1. The fourth-order valence-corrected chi connectivity index (χ4v) is 4.11. The van der Waals surface area contributed by atoms with E-state index >= 15 is 0 Å². The molecule has 1 aromatic carbocycles. The standard InChI is InChI=1S/C16H18ClN3O2S/c17-15-6-2-1-5-13(15)12-23(21,22)19-14-7-8-16(18-11-14)20-9-3-4-10-20/h1-2,5-8,11,19H,3-4,9-10,12H2. The number of nitrogens with one attached hydrogen (secondary N) is 1. The molecule has 0 aliphatic carbocycles. The van der Waals surface area contributed by atoms with E-state index in [1.54, 1.807) is 36.5 Å². The Kier molecular flexibility index (Phi) is 4.73. The molecule has 1 aliphatic rings. The van der Waals surface area contributed by atoms with Crippen molar-refractivity contribution in [3.8, 4) is 0 Å². The van der Waals surface area contributed by atoms with E-state index in [9.17, 15) is 8.42 Å². The summed E-state index contributed by atoms with van der Waals surface area (Å²) in [5, 5.41) is 0.445. The van der Waals surface area contributed by atoms with Crippen molar-refractivity contribution in [2.24, 2.45) is 0 Å². The first kappa shape index (κ1) is 16.1. The van der Waals surface area contributed by atoms with Crippen LogP contribution in [0.3, 0.4) is 0 Å². The van der Waals surface area contributed by atoms with E-state index in [0.717, 1.165) is 18.9 Å². The Bertz CT molecular complexity index is 772. The Morgan fingerprint density at radius 2 is 1.87 bits per heavy atom. The van der Waals surface area contributed by atoms with Crippen LogP contribution in [0.15, 0.2) is 42.6 Å². The van der Waals surface area contributed by atoms with Gasteiger partial charge in [-0.2, -0.15) is 0 Å². The molecule has 0 amide bonds. The molecule has 0 bridgehead atoms. The van der Waals surface area contributed by atoms with Gasteiger partial charge in [0.15, 0.2) is 0 Å². The highest BCUT2D eigenvalue weighted by Crippen LogP contribution is 2.21. The van der Waals surface area contributed by atoms with Crippen LogP contribution < -0.4 is 9.62 Å². The Balaban J connectivity index is 1.69. The third kappa shape index (κ3) is 4.14. The molecule has 1 aromatic heterocycles. The Morgan fingerprint density at radius 3 is 2.52 bits per heavy atom. The van der Waals surface area contributed by atoms with Crippen LogP contribution in [0.5, 0.6) is 0 Å². The summed E-state index contributed by atoms with van der Waals surface area (Å²) in [6.45, 7) is 2.01. The molecule has 0 unspecified atom stereocenters. The molecule has 0 atom stereocenters. The van der Waals surface area contributed by atoms with Gasteiger partial charge in [0.1, 0.15) is 5.82 Å². The van der Waals surface area contributed by atoms with E-state index in [2.05, 4.69) is 14.6 Å². The van der Waals surface area contributed by atoms with Gasteiger partial charge in [-0.05, 0) is 36.6 Å². The highest BCUT2D eigenvalue weighted by Gasteiger charge is 2.16. The van der Waals surface area contributed by atoms with Gasteiger partial charge in [0, 0.05) is 18.1 Å². The summed E-state index contributed by atoms with van der Waals surface area (Å²) >= 11 is 6.02. The van der Waals surface area contributed by atoms with Crippen molar-refractivity contribution >= 4 is 33.1 Å². The van der Waals surface area contributed by atoms with Crippen LogP contribution in [-0.4, -0.2) is 26.5 Å². The van der Waals surface area contributed by atoms with E-state index in [0.29, 0.717) is 16.3 Å². The predicted octanol–water partition coefficient (Wildman–Crippen LogP) is 3.28. The van der Waals surface area contributed by atoms with Crippen LogP contribution in [0.4, 0.5) is 11.5 Å². The quantitative estimate of drug-likeness (QED) is 0.898. The molecule has 3 rings (SSSR count). The lowest BCUT2D eigenvalue weighted by Crippen LogP contribution is -2.19. The molecule has 1 N–H and O–H groups in total. The van der Waals surface area contributed by atoms with Crippen molar-refractivity contribution in [3.05, 3.63) is 53.2 Å². The second-order valence-corrected chi connectivity index (χ2v) is 7.68. The van der Waals surface area contributed by atoms with Crippen LogP contribution in [-0.2, 0) is 15.8 Å². The zero-order valence-electron chi connectivity index (χ0n) is 12.6. The van der Waals surface area contributed by atoms with Crippen molar-refractivity contribution in [1.82, 2.24) is 4.98 Å². The average molecular weight is 352 g/mol. The topological polar surface area (TPSA) is 62.3 Å². The summed E-state index contributed by atoms with van der Waals surface area (Å²) in [4.78, 5) is 6.54. The first-order chi connectivity index (χ1) is 11.0. The van der Waals surface area contributed by atoms with Gasteiger partial charge in [0.2, 0.25) is 10.0 Å². The molecule has 2 aromatic rings. The summed E-state index contributed by atoms with van der Waals surface area (Å²) in [6, 6.07) is 10.5. The first-order valence-corrected chi connectivity index (χ1v) is 9.51. The van der Waals surface area contributed by atoms with Gasteiger partial charge in [-0.3, -0.25) is 4.72 Å². The van der Waals surface area contributed by atoms with Crippen molar-refractivity contribution in [1.29, 1.82) is 0 Å². The molecule has 0 spiro atoms. The fourth-order valence-electron chi connectivity index (χ4n) is 2.62. The monoisotopic (exact) mass is 351 g/mol. The third-order valence-corrected chi connectivity index (χ3v) is 5.36. The Morgan fingerprint density at radius 1 is 1.13 bits per heavy atom. The summed E-state index contributed by atoms with van der Waals surface area (Å²) in [7, 11) is -3.53. The molecule has 7 heteroatoms. The van der Waals surface area contributed by atoms with Crippen molar-refractivity contribution < 1.29 is 8.42 Å². The van der Waals surface area contributed by atoms with Crippen LogP contribution in [0.25, 0.3) is 0 Å². The molecular formula is C16H18ClN3O2S. The average Bonchev–Trinajstić information content (AvgIpc) is 3.04. The van der Waals surface area contributed by atoms with Gasteiger partial charge in [-0.25, -0.2) is 13.4 Å². The molecule has 0 saturated carbocycles. The summed E-state index contributed by atoms with van der Waals surface area (Å²) in [6.07, 6.45) is 3.90. The number of rotatable bonds is 5. The first-order valence-electron chi connectivity index (χ1n) is 7.48. The number of anilines is 2. The van der Waals surface area contributed by atoms with Gasteiger partial charge in [0.05, 0.1) is 17.6 Å². The minimum atomic E-state index is -3.53. The third-order valence-electron chi connectivity index (χ3n) is 3.75. The maximum Gasteiger partial charge on any atom is 0.237 e. The molecule has 1 aliphatic heterocycles. The molecule has 5 nitrogen and oxygen atoms in total. The zero-order chi connectivity index (χ0) is 16.3. The van der Waals surface area contributed by atoms with E-state index in [-0.39, 0.29) is 5.75 Å². The highest BCUT2D eigenvalue weighted by molar-refractivity contribution is 7.91. The van der Waals surface area contributed by atoms with E-state index in [4.69, 9.17) is 11.6 Å². The zero-order valence-corrected chi connectivity index (χ0v) is 14.1. The van der Waals surface area contributed by atoms with Gasteiger partial charge < -0.3 is 4.90 Å². The Hall–Kier alpha value is -1.79. The number of aromatic nitrogens is 1. The van der Waals surface area contributed by atoms with Crippen molar-refractivity contribution in [3.63, 3.8) is 0 Å². The van der Waals surface area contributed by atoms with E-state index in [1.807, 2.05) is 6.07 Å². The number of sulfonamides is 1. The Labute approximate surface area is 141 Å². The lowest BCUT2D eigenvalue weighted by atomic mass is 10.2. The largest absolute Gasteiger partial charge is 0.357 e. The number of hydrogen-bond donors (Lipinski definition) is 1. The van der Waals surface area contributed by atoms with Gasteiger partial charge in [-0.1, -0.05) is 29.8 Å². The van der Waals surface area contributed by atoms with Gasteiger partial charge in [-0.15, -0.1) is 0 Å². The lowest BCUT2D eigenvalue weighted by molar-refractivity contribution is 0.600. The van der Waals surface area contributed by atoms with Crippen molar-refractivity contribution in [2.75, 3.05) is 22.7 Å². The summed E-state index contributed by atoms with van der Waals surface area (Å²) in [5.74, 6) is 0.720. The maximum absolute atomic E-state index is 12.3. The van der Waals surface area contributed by atoms with Gasteiger partial charge >= 0.3 is 0 Å². The minimum absolute atomic E-state index is 0.166. The van der Waals surface area contributed by atoms with Crippen molar-refractivity contribution in [2.45, 2.75) is 18.6 Å². The molecule has 1 fully saturated rings. The number of hydrogen-bond acceptors (Lipinski definition) is 4. The van der Waals surface area contributed by atoms with E-state index < -0.39 is 10.0 Å². The second kappa shape index (κ2) is 6.76. The minimum Gasteiger partial charge on any atom is -0.357 e. The summed E-state index contributed by atoms with van der Waals surface area (Å²) in [5.41, 5.74) is 1.03. The van der Waals surface area contributed by atoms with Crippen LogP contribution in [0.2, 0.25) is 5.02 Å². The maximum atomic E-state index is 12.3. The van der Waals surface area contributed by atoms with Crippen LogP contribution in [0.1, 0.15) is 18.4 Å². The van der Waals surface area contributed by atoms with E-state index in [1.165, 1.54) is 12.8 Å². The number of pyridine rings is 1. The molecular weight excluding hydrogens is 334 g/mol. The molecule has 1 saturated heterocycles. The second-order valence-electron chi connectivity index (χ2n) is 5.55. The van der Waals surface area contributed by atoms with Gasteiger partial charge in [0.25, 0.3) is 0 Å². The highest BCUT2D eigenvalue weighted by atomic mass is 35.5. The van der Waals surface area contributed by atoms with Crippen LogP contribution in [0, 0.1) is 0 Å². The molecule has 0 radical (unpaired) electrons. The fraction of sp³-hybridized carbons (Fsp3) is 0.312. The normalized spacial score (nSPS) is 14.9. The smallest absolute Gasteiger partial charge is 0.237 e. The van der Waals surface area contributed by atoms with Crippen LogP contribution >= 0.6 is 11.6 Å². The molecule has 23 heavy (non-hydrogen) atoms. The SMILES string of the molecule is O=S(=O)(Cc1ccccc1Cl)Nc1ccc(N2CCCC2)nc1. The number of benzene rings is 1. The molecule has 2 heterocycles. The lowest BCUT2D eigenvalue weighted by Gasteiger charge is -2.16.